The van der Waals surface area contributed by atoms with Gasteiger partial charge in [-0.2, -0.15) is 5.26 Å². The fraction of sp³-hybridized carbons (Fsp3) is 0.417. The summed E-state index contributed by atoms with van der Waals surface area (Å²) in [5, 5.41) is 27.7. The Hall–Kier alpha value is -1.57. The van der Waals surface area contributed by atoms with Gasteiger partial charge in [-0.05, 0) is 18.2 Å². The summed E-state index contributed by atoms with van der Waals surface area (Å²) in [6, 6.07) is 5.99. The van der Waals surface area contributed by atoms with Crippen molar-refractivity contribution >= 4 is 0 Å². The number of phenols is 1. The molecule has 0 bridgehead atoms. The summed E-state index contributed by atoms with van der Waals surface area (Å²) in [6.45, 7) is 3.51. The first kappa shape index (κ1) is 12.5. The molecule has 0 aliphatic carbocycles. The molecule has 4 N–H and O–H groups in total. The van der Waals surface area contributed by atoms with Crippen LogP contribution in [0, 0.1) is 16.7 Å². The third-order valence-corrected chi connectivity index (χ3v) is 2.74. The van der Waals surface area contributed by atoms with Crippen molar-refractivity contribution in [3.63, 3.8) is 0 Å². The number of benzene rings is 1. The average Bonchev–Trinajstić information content (AvgIpc) is 2.29. The monoisotopic (exact) mass is 220 g/mol. The van der Waals surface area contributed by atoms with Crippen LogP contribution in [0.4, 0.5) is 0 Å². The molecule has 0 amide bonds. The molecule has 16 heavy (non-hydrogen) atoms. The second-order valence-electron chi connectivity index (χ2n) is 4.51. The van der Waals surface area contributed by atoms with Crippen molar-refractivity contribution in [2.24, 2.45) is 11.1 Å². The summed E-state index contributed by atoms with van der Waals surface area (Å²) in [5.74, 6) is 0.0491. The number of phenolic OH excluding ortho intramolecular Hbond substituents is 1. The lowest BCUT2D eigenvalue weighted by molar-refractivity contribution is 0.131. The van der Waals surface area contributed by atoms with Gasteiger partial charge in [-0.15, -0.1) is 0 Å². The molecule has 0 unspecified atom stereocenters. The summed E-state index contributed by atoms with van der Waals surface area (Å²) in [5.41, 5.74) is 6.35. The van der Waals surface area contributed by atoms with Crippen LogP contribution in [0.25, 0.3) is 0 Å². The van der Waals surface area contributed by atoms with Crippen molar-refractivity contribution in [3.8, 4) is 11.8 Å². The first-order chi connectivity index (χ1) is 7.42. The Bertz CT molecular complexity index is 422. The minimum absolute atomic E-state index is 0.0491. The van der Waals surface area contributed by atoms with E-state index in [4.69, 9.17) is 11.0 Å². The molecule has 1 rings (SSSR count). The molecule has 0 heterocycles. The maximum atomic E-state index is 9.69. The fourth-order valence-electron chi connectivity index (χ4n) is 1.39. The van der Waals surface area contributed by atoms with E-state index < -0.39 is 11.5 Å². The van der Waals surface area contributed by atoms with Crippen LogP contribution in [-0.4, -0.2) is 16.8 Å². The molecule has 0 saturated heterocycles. The number of nitrogens with two attached hydrogens (primary N) is 1. The standard InChI is InChI=1S/C12H16N2O2/c1-12(2,7-15)11(14)9-5-8(6-13)3-4-10(9)16/h3-5,11,15-16H,7,14H2,1-2H3/t11-/m1/s1. The van der Waals surface area contributed by atoms with Gasteiger partial charge in [0.1, 0.15) is 5.75 Å². The molecule has 1 aromatic carbocycles. The van der Waals surface area contributed by atoms with E-state index in [0.717, 1.165) is 0 Å². The molecule has 0 aliphatic rings. The van der Waals surface area contributed by atoms with E-state index in [1.54, 1.807) is 19.9 Å². The topological polar surface area (TPSA) is 90.3 Å². The molecule has 0 radical (unpaired) electrons. The second-order valence-corrected chi connectivity index (χ2v) is 4.51. The number of nitriles is 1. The summed E-state index contributed by atoms with van der Waals surface area (Å²) < 4.78 is 0. The van der Waals surface area contributed by atoms with Crippen LogP contribution in [-0.2, 0) is 0 Å². The largest absolute Gasteiger partial charge is 0.508 e. The number of hydrogen-bond acceptors (Lipinski definition) is 4. The van der Waals surface area contributed by atoms with Crippen molar-refractivity contribution in [1.29, 1.82) is 5.26 Å². The van der Waals surface area contributed by atoms with Crippen molar-refractivity contribution in [3.05, 3.63) is 29.3 Å². The SMILES string of the molecule is CC(C)(CO)[C@H](N)c1cc(C#N)ccc1O. The van der Waals surface area contributed by atoms with Gasteiger partial charge in [0.2, 0.25) is 0 Å². The van der Waals surface area contributed by atoms with Crippen molar-refractivity contribution in [2.75, 3.05) is 6.61 Å². The van der Waals surface area contributed by atoms with Gasteiger partial charge in [-0.3, -0.25) is 0 Å². The normalized spacial score (nSPS) is 13.2. The van der Waals surface area contributed by atoms with Gasteiger partial charge in [0.25, 0.3) is 0 Å². The Morgan fingerprint density at radius 3 is 2.62 bits per heavy atom. The lowest BCUT2D eigenvalue weighted by Gasteiger charge is -2.30. The maximum Gasteiger partial charge on any atom is 0.120 e. The van der Waals surface area contributed by atoms with Crippen LogP contribution in [0.3, 0.4) is 0 Å². The smallest absolute Gasteiger partial charge is 0.120 e. The van der Waals surface area contributed by atoms with Crippen LogP contribution < -0.4 is 5.73 Å². The predicted octanol–water partition coefficient (Wildman–Crippen LogP) is 1.28. The summed E-state index contributed by atoms with van der Waals surface area (Å²) in [4.78, 5) is 0. The first-order valence-electron chi connectivity index (χ1n) is 5.02. The Morgan fingerprint density at radius 2 is 2.12 bits per heavy atom. The molecule has 1 aromatic rings. The number of aromatic hydroxyl groups is 1. The summed E-state index contributed by atoms with van der Waals surface area (Å²) >= 11 is 0. The minimum atomic E-state index is -0.550. The highest BCUT2D eigenvalue weighted by Gasteiger charge is 2.28. The van der Waals surface area contributed by atoms with E-state index in [1.165, 1.54) is 12.1 Å². The quantitative estimate of drug-likeness (QED) is 0.715. The zero-order valence-corrected chi connectivity index (χ0v) is 9.44. The Balaban J connectivity index is 3.18. The molecular formula is C12H16N2O2. The van der Waals surface area contributed by atoms with Crippen LogP contribution in [0.1, 0.15) is 31.0 Å². The maximum absolute atomic E-state index is 9.69. The van der Waals surface area contributed by atoms with Gasteiger partial charge in [0, 0.05) is 23.6 Å². The van der Waals surface area contributed by atoms with Gasteiger partial charge < -0.3 is 15.9 Å². The van der Waals surface area contributed by atoms with E-state index >= 15 is 0 Å². The molecule has 4 nitrogen and oxygen atoms in total. The molecule has 1 atom stereocenters. The highest BCUT2D eigenvalue weighted by atomic mass is 16.3. The molecule has 0 fully saturated rings. The number of aliphatic hydroxyl groups excluding tert-OH is 1. The van der Waals surface area contributed by atoms with Crippen LogP contribution in [0.2, 0.25) is 0 Å². The lowest BCUT2D eigenvalue weighted by Crippen LogP contribution is -2.32. The molecule has 0 aromatic heterocycles. The summed E-state index contributed by atoms with van der Waals surface area (Å²) in [6.07, 6.45) is 0. The molecule has 86 valence electrons. The number of aliphatic hydroxyl groups is 1. The molecule has 0 saturated carbocycles. The number of hydrogen-bond donors (Lipinski definition) is 3. The van der Waals surface area contributed by atoms with Gasteiger partial charge in [-0.25, -0.2) is 0 Å². The predicted molar refractivity (Wildman–Crippen MR) is 60.6 cm³/mol. The molecule has 4 heteroatoms. The van der Waals surface area contributed by atoms with Crippen LogP contribution in [0.15, 0.2) is 18.2 Å². The fourth-order valence-corrected chi connectivity index (χ4v) is 1.39. The molecule has 0 spiro atoms. The summed E-state index contributed by atoms with van der Waals surface area (Å²) in [7, 11) is 0. The van der Waals surface area contributed by atoms with Crippen LogP contribution in [0.5, 0.6) is 5.75 Å². The van der Waals surface area contributed by atoms with E-state index in [-0.39, 0.29) is 12.4 Å². The van der Waals surface area contributed by atoms with E-state index in [9.17, 15) is 10.2 Å². The second kappa shape index (κ2) is 4.52. The highest BCUT2D eigenvalue weighted by molar-refractivity contribution is 5.43. The first-order valence-corrected chi connectivity index (χ1v) is 5.02. The van der Waals surface area contributed by atoms with Crippen molar-refractivity contribution in [1.82, 2.24) is 0 Å². The lowest BCUT2D eigenvalue weighted by atomic mass is 9.81. The van der Waals surface area contributed by atoms with Gasteiger partial charge >= 0.3 is 0 Å². The van der Waals surface area contributed by atoms with Gasteiger partial charge in [-0.1, -0.05) is 13.8 Å². The highest BCUT2D eigenvalue weighted by Crippen LogP contribution is 2.35. The number of rotatable bonds is 3. The minimum Gasteiger partial charge on any atom is -0.508 e. The Kier molecular flexibility index (Phi) is 3.53. The number of nitrogens with zero attached hydrogens (tertiary/aromatic N) is 1. The third-order valence-electron chi connectivity index (χ3n) is 2.74. The zero-order valence-electron chi connectivity index (χ0n) is 9.44. The molecular weight excluding hydrogens is 204 g/mol. The Labute approximate surface area is 94.9 Å². The Morgan fingerprint density at radius 1 is 1.50 bits per heavy atom. The zero-order chi connectivity index (χ0) is 12.3. The van der Waals surface area contributed by atoms with Gasteiger partial charge in [0.15, 0.2) is 0 Å². The van der Waals surface area contributed by atoms with Crippen LogP contribution >= 0.6 is 0 Å². The molecule has 0 aliphatic heterocycles. The van der Waals surface area contributed by atoms with E-state index in [1.807, 2.05) is 6.07 Å². The van der Waals surface area contributed by atoms with E-state index in [2.05, 4.69) is 0 Å². The average molecular weight is 220 g/mol. The van der Waals surface area contributed by atoms with Gasteiger partial charge in [0.05, 0.1) is 11.6 Å². The van der Waals surface area contributed by atoms with Crippen molar-refractivity contribution in [2.45, 2.75) is 19.9 Å². The van der Waals surface area contributed by atoms with E-state index in [0.29, 0.717) is 11.1 Å². The third kappa shape index (κ3) is 2.32. The van der Waals surface area contributed by atoms with Crippen molar-refractivity contribution < 1.29 is 10.2 Å².